The summed E-state index contributed by atoms with van der Waals surface area (Å²) in [5.41, 5.74) is 3.19. The molecule has 2 aliphatic rings. The second kappa shape index (κ2) is 7.29. The summed E-state index contributed by atoms with van der Waals surface area (Å²) >= 11 is 0. The summed E-state index contributed by atoms with van der Waals surface area (Å²) in [7, 11) is -0.870. The number of benzene rings is 2. The highest BCUT2D eigenvalue weighted by atomic mass is 32.2. The molecule has 1 aliphatic heterocycles. The summed E-state index contributed by atoms with van der Waals surface area (Å²) in [5.74, 6) is 0.0694. The van der Waals surface area contributed by atoms with Gasteiger partial charge in [0.1, 0.15) is 10.6 Å². The summed E-state index contributed by atoms with van der Waals surface area (Å²) < 4.78 is 36.3. The van der Waals surface area contributed by atoms with Crippen molar-refractivity contribution >= 4 is 38.2 Å². The van der Waals surface area contributed by atoms with Crippen LogP contribution in [0.15, 0.2) is 59.8 Å². The van der Waals surface area contributed by atoms with E-state index < -0.39 is 10.0 Å². The van der Waals surface area contributed by atoms with E-state index >= 15 is 0 Å². The molecule has 1 aliphatic carbocycles. The number of aromatic nitrogens is 3. The average Bonchev–Trinajstić information content (AvgIpc) is 3.52. The quantitative estimate of drug-likeness (QED) is 0.454. The molecule has 9 nitrogen and oxygen atoms in total. The van der Waals surface area contributed by atoms with Gasteiger partial charge in [-0.05, 0) is 43.2 Å². The third kappa shape index (κ3) is 3.13. The summed E-state index contributed by atoms with van der Waals surface area (Å²) in [6, 6.07) is 11.9. The zero-order chi connectivity index (χ0) is 23.6. The van der Waals surface area contributed by atoms with Gasteiger partial charge in [-0.3, -0.25) is 14.2 Å². The second-order valence-electron chi connectivity index (χ2n) is 8.47. The highest BCUT2D eigenvalue weighted by Gasteiger charge is 2.31. The first kappa shape index (κ1) is 20.7. The predicted octanol–water partition coefficient (Wildman–Crippen LogP) is 3.83. The molecule has 1 saturated carbocycles. The molecular formula is C24H21N5O4S. The number of pyridine rings is 1. The van der Waals surface area contributed by atoms with Crippen molar-refractivity contribution < 1.29 is 17.9 Å². The highest BCUT2D eigenvalue weighted by molar-refractivity contribution is 7.92. The SMILES string of the molecule is COc1ccccc1S(=O)(=O)Nc1ccc2c3c(cc(-c4cnn(C5CC5)c4)nc13)C(=O)N2C. The van der Waals surface area contributed by atoms with Crippen LogP contribution >= 0.6 is 0 Å². The van der Waals surface area contributed by atoms with Gasteiger partial charge in [-0.15, -0.1) is 0 Å². The minimum atomic E-state index is -3.99. The largest absolute Gasteiger partial charge is 0.495 e. The van der Waals surface area contributed by atoms with Gasteiger partial charge in [0.25, 0.3) is 15.9 Å². The van der Waals surface area contributed by atoms with Crippen LogP contribution < -0.4 is 14.4 Å². The first-order valence-electron chi connectivity index (χ1n) is 10.8. The molecule has 34 heavy (non-hydrogen) atoms. The lowest BCUT2D eigenvalue weighted by Crippen LogP contribution is -2.20. The number of amides is 1. The Hall–Kier alpha value is -3.92. The number of hydrogen-bond donors (Lipinski definition) is 1. The molecule has 0 bridgehead atoms. The Bertz CT molecular complexity index is 1590. The monoisotopic (exact) mass is 475 g/mol. The van der Waals surface area contributed by atoms with Gasteiger partial charge in [0, 0.05) is 24.2 Å². The fourth-order valence-corrected chi connectivity index (χ4v) is 5.58. The number of nitrogens with zero attached hydrogens (tertiary/aromatic N) is 4. The van der Waals surface area contributed by atoms with Gasteiger partial charge in [-0.2, -0.15) is 5.10 Å². The van der Waals surface area contributed by atoms with Crippen molar-refractivity contribution in [1.82, 2.24) is 14.8 Å². The van der Waals surface area contributed by atoms with Crippen LogP contribution in [0.5, 0.6) is 5.75 Å². The predicted molar refractivity (Wildman–Crippen MR) is 128 cm³/mol. The number of carbonyl (C=O) groups excluding carboxylic acids is 1. The van der Waals surface area contributed by atoms with E-state index in [1.165, 1.54) is 13.2 Å². The van der Waals surface area contributed by atoms with Crippen LogP contribution in [-0.4, -0.2) is 43.2 Å². The van der Waals surface area contributed by atoms with Crippen molar-refractivity contribution in [1.29, 1.82) is 0 Å². The Morgan fingerprint density at radius 1 is 1.15 bits per heavy atom. The molecule has 0 radical (unpaired) electrons. The molecule has 0 unspecified atom stereocenters. The molecular weight excluding hydrogens is 454 g/mol. The lowest BCUT2D eigenvalue weighted by atomic mass is 10.1. The number of para-hydroxylation sites is 1. The van der Waals surface area contributed by atoms with Crippen molar-refractivity contribution in [2.24, 2.45) is 0 Å². The number of methoxy groups -OCH3 is 1. The van der Waals surface area contributed by atoms with Gasteiger partial charge >= 0.3 is 0 Å². The molecule has 2 aromatic carbocycles. The number of ether oxygens (including phenoxy) is 1. The minimum absolute atomic E-state index is 0.0138. The minimum Gasteiger partial charge on any atom is -0.495 e. The molecule has 1 N–H and O–H groups in total. The van der Waals surface area contributed by atoms with E-state index in [0.717, 1.165) is 18.4 Å². The molecule has 0 spiro atoms. The Balaban J connectivity index is 1.52. The topological polar surface area (TPSA) is 106 Å². The number of sulfonamides is 1. The molecule has 2 aromatic heterocycles. The first-order chi connectivity index (χ1) is 16.4. The molecule has 0 saturated heterocycles. The van der Waals surface area contributed by atoms with Gasteiger partial charge in [0.05, 0.1) is 47.5 Å². The Kier molecular flexibility index (Phi) is 4.43. The van der Waals surface area contributed by atoms with E-state index in [4.69, 9.17) is 9.72 Å². The first-order valence-corrected chi connectivity index (χ1v) is 12.3. The standard InChI is InChI=1S/C24H21N5O4S/c1-28-19-10-9-17(27-34(31,32)21-6-4-3-5-20(21)33-2)23-22(19)16(24(28)30)11-18(26-23)14-12-25-29(13-14)15-7-8-15/h3-6,9-13,15,27H,7-8H2,1-2H3. The molecule has 0 atom stereocenters. The molecule has 6 rings (SSSR count). The van der Waals surface area contributed by atoms with Crippen LogP contribution in [0.25, 0.3) is 22.2 Å². The third-order valence-electron chi connectivity index (χ3n) is 6.26. The normalized spacial score (nSPS) is 15.2. The average molecular weight is 476 g/mol. The number of nitrogens with one attached hydrogen (secondary N) is 1. The van der Waals surface area contributed by atoms with Crippen LogP contribution in [0.4, 0.5) is 11.4 Å². The summed E-state index contributed by atoms with van der Waals surface area (Å²) in [4.78, 5) is 19.4. The Morgan fingerprint density at radius 2 is 1.94 bits per heavy atom. The van der Waals surface area contributed by atoms with E-state index in [1.54, 1.807) is 54.5 Å². The van der Waals surface area contributed by atoms with E-state index in [0.29, 0.717) is 33.9 Å². The zero-order valence-corrected chi connectivity index (χ0v) is 19.3. The lowest BCUT2D eigenvalue weighted by molar-refractivity contribution is 0.0999. The third-order valence-corrected chi connectivity index (χ3v) is 7.66. The molecule has 4 aromatic rings. The van der Waals surface area contributed by atoms with Crippen LogP contribution in [-0.2, 0) is 10.0 Å². The van der Waals surface area contributed by atoms with Gasteiger partial charge < -0.3 is 9.64 Å². The van der Waals surface area contributed by atoms with Gasteiger partial charge in [-0.25, -0.2) is 13.4 Å². The number of rotatable bonds is 6. The Morgan fingerprint density at radius 3 is 2.71 bits per heavy atom. The molecule has 3 heterocycles. The van der Waals surface area contributed by atoms with Gasteiger partial charge in [0.15, 0.2) is 0 Å². The van der Waals surface area contributed by atoms with Crippen molar-refractivity contribution in [3.8, 4) is 17.0 Å². The maximum atomic E-state index is 13.3. The number of hydrogen-bond acceptors (Lipinski definition) is 6. The fraction of sp³-hybridized carbons (Fsp3) is 0.208. The Labute approximate surface area is 196 Å². The van der Waals surface area contributed by atoms with Crippen molar-refractivity contribution in [3.05, 3.63) is 60.4 Å². The van der Waals surface area contributed by atoms with Crippen molar-refractivity contribution in [2.45, 2.75) is 23.8 Å². The molecule has 172 valence electrons. The van der Waals surface area contributed by atoms with Crippen LogP contribution in [0.2, 0.25) is 0 Å². The van der Waals surface area contributed by atoms with E-state index in [-0.39, 0.29) is 22.2 Å². The van der Waals surface area contributed by atoms with Crippen molar-refractivity contribution in [3.63, 3.8) is 0 Å². The summed E-state index contributed by atoms with van der Waals surface area (Å²) in [6.07, 6.45) is 5.84. The summed E-state index contributed by atoms with van der Waals surface area (Å²) in [5, 5.41) is 5.05. The second-order valence-corrected chi connectivity index (χ2v) is 10.1. The summed E-state index contributed by atoms with van der Waals surface area (Å²) in [6.45, 7) is 0. The van der Waals surface area contributed by atoms with Crippen LogP contribution in [0.3, 0.4) is 0 Å². The molecule has 10 heteroatoms. The molecule has 1 amide bonds. The van der Waals surface area contributed by atoms with Gasteiger partial charge in [0.2, 0.25) is 0 Å². The van der Waals surface area contributed by atoms with E-state index in [2.05, 4.69) is 9.82 Å². The van der Waals surface area contributed by atoms with Crippen molar-refractivity contribution in [2.75, 3.05) is 23.8 Å². The zero-order valence-electron chi connectivity index (χ0n) is 18.5. The highest BCUT2D eigenvalue weighted by Crippen LogP contribution is 2.42. The lowest BCUT2D eigenvalue weighted by Gasteiger charge is -2.14. The number of carbonyl (C=O) groups is 1. The van der Waals surface area contributed by atoms with Crippen LogP contribution in [0, 0.1) is 0 Å². The maximum Gasteiger partial charge on any atom is 0.265 e. The maximum absolute atomic E-state index is 13.3. The van der Waals surface area contributed by atoms with E-state index in [9.17, 15) is 13.2 Å². The van der Waals surface area contributed by atoms with E-state index in [1.807, 2.05) is 10.9 Å². The fourth-order valence-electron chi connectivity index (χ4n) is 4.34. The van der Waals surface area contributed by atoms with Gasteiger partial charge in [-0.1, -0.05) is 12.1 Å². The van der Waals surface area contributed by atoms with Crippen LogP contribution in [0.1, 0.15) is 29.2 Å². The number of anilines is 2. The molecule has 1 fully saturated rings. The smallest absolute Gasteiger partial charge is 0.265 e.